The van der Waals surface area contributed by atoms with E-state index >= 15 is 0 Å². The number of primary sulfonamides is 1. The highest BCUT2D eigenvalue weighted by molar-refractivity contribution is 7.93. The quantitative estimate of drug-likeness (QED) is 0.827. The average Bonchev–Trinajstić information content (AvgIpc) is 2.40. The number of nitrogens with one attached hydrogen (secondary N) is 1. The van der Waals surface area contributed by atoms with Crippen molar-refractivity contribution in [3.63, 3.8) is 0 Å². The monoisotopic (exact) mass is 396 g/mol. The highest BCUT2D eigenvalue weighted by Crippen LogP contribution is 2.28. The van der Waals surface area contributed by atoms with Gasteiger partial charge in [0.2, 0.25) is 10.0 Å². The summed E-state index contributed by atoms with van der Waals surface area (Å²) in [4.78, 5) is -1.55. The van der Waals surface area contributed by atoms with E-state index in [2.05, 4.69) is 0 Å². The molecule has 0 aliphatic carbocycles. The zero-order valence-electron chi connectivity index (χ0n) is 12.0. The summed E-state index contributed by atoms with van der Waals surface area (Å²) in [6, 6.07) is 4.37. The average molecular weight is 397 g/mol. The lowest BCUT2D eigenvalue weighted by atomic mass is 10.2. The van der Waals surface area contributed by atoms with Gasteiger partial charge in [-0.15, -0.1) is 0 Å². The molecule has 11 heteroatoms. The van der Waals surface area contributed by atoms with Crippen LogP contribution in [-0.4, -0.2) is 16.8 Å². The molecule has 0 aromatic heterocycles. The number of benzene rings is 2. The first-order valence-electron chi connectivity index (χ1n) is 6.22. The van der Waals surface area contributed by atoms with Gasteiger partial charge < -0.3 is 0 Å². The fraction of sp³-hybridized carbons (Fsp3) is 0.0769. The minimum Gasteiger partial charge on any atom is -0.278 e. The molecule has 3 N–H and O–H groups in total. The van der Waals surface area contributed by atoms with Crippen LogP contribution in [0.3, 0.4) is 0 Å². The number of anilines is 1. The van der Waals surface area contributed by atoms with Gasteiger partial charge in [0.25, 0.3) is 10.0 Å². The first kappa shape index (κ1) is 18.6. The molecule has 6 nitrogen and oxygen atoms in total. The molecule has 0 atom stereocenters. The van der Waals surface area contributed by atoms with E-state index in [4.69, 9.17) is 16.7 Å². The van der Waals surface area contributed by atoms with Crippen LogP contribution in [0.4, 0.5) is 14.5 Å². The smallest absolute Gasteiger partial charge is 0.264 e. The standard InChI is InChI=1S/C13H11ClF2N2O4S2/c1-7-4-10(16)13(6-9(7)15)24(21,22)18-11-5-8(14)2-3-12(11)23(17,19)20/h2-6,18H,1H3,(H2,17,19,20). The van der Waals surface area contributed by atoms with Gasteiger partial charge in [-0.2, -0.15) is 0 Å². The van der Waals surface area contributed by atoms with Crippen LogP contribution in [-0.2, 0) is 20.0 Å². The van der Waals surface area contributed by atoms with Gasteiger partial charge in [-0.3, -0.25) is 4.72 Å². The zero-order chi connectivity index (χ0) is 18.3. The molecule has 2 aromatic carbocycles. The fourth-order valence-electron chi connectivity index (χ4n) is 1.86. The summed E-state index contributed by atoms with van der Waals surface area (Å²) in [6.45, 7) is 1.26. The van der Waals surface area contributed by atoms with Gasteiger partial charge >= 0.3 is 0 Å². The SMILES string of the molecule is Cc1cc(F)c(S(=O)(=O)Nc2cc(Cl)ccc2S(N)(=O)=O)cc1F. The summed E-state index contributed by atoms with van der Waals surface area (Å²) in [5.41, 5.74) is -0.565. The van der Waals surface area contributed by atoms with Crippen molar-refractivity contribution in [1.29, 1.82) is 0 Å². The largest absolute Gasteiger partial charge is 0.278 e. The van der Waals surface area contributed by atoms with Crippen LogP contribution in [0.25, 0.3) is 0 Å². The molecule has 0 saturated carbocycles. The van der Waals surface area contributed by atoms with Gasteiger partial charge in [0.1, 0.15) is 21.4 Å². The van der Waals surface area contributed by atoms with Gasteiger partial charge in [0, 0.05) is 5.02 Å². The Morgan fingerprint density at radius 2 is 1.62 bits per heavy atom. The Balaban J connectivity index is 2.59. The molecule has 0 saturated heterocycles. The third-order valence-corrected chi connectivity index (χ3v) is 5.58. The maximum atomic E-state index is 13.9. The summed E-state index contributed by atoms with van der Waals surface area (Å²) in [5.74, 6) is -2.13. The molecule has 0 aliphatic heterocycles. The van der Waals surface area contributed by atoms with Gasteiger partial charge in [0.15, 0.2) is 0 Å². The van der Waals surface area contributed by atoms with Crippen molar-refractivity contribution in [3.8, 4) is 0 Å². The molecule has 0 heterocycles. The molecule has 0 aliphatic rings. The number of halogens is 3. The van der Waals surface area contributed by atoms with E-state index in [1.54, 1.807) is 0 Å². The maximum Gasteiger partial charge on any atom is 0.264 e. The van der Waals surface area contributed by atoms with Crippen molar-refractivity contribution >= 4 is 37.3 Å². The predicted octanol–water partition coefficient (Wildman–Crippen LogP) is 2.37. The molecule has 2 aromatic rings. The lowest BCUT2D eigenvalue weighted by Gasteiger charge is -2.13. The summed E-state index contributed by atoms with van der Waals surface area (Å²) >= 11 is 5.71. The predicted molar refractivity (Wildman–Crippen MR) is 84.7 cm³/mol. The van der Waals surface area contributed by atoms with Gasteiger partial charge in [-0.05, 0) is 42.8 Å². The molecule has 130 valence electrons. The fourth-order valence-corrected chi connectivity index (χ4v) is 3.92. The van der Waals surface area contributed by atoms with E-state index in [0.29, 0.717) is 12.1 Å². The van der Waals surface area contributed by atoms with Crippen LogP contribution in [0.5, 0.6) is 0 Å². The zero-order valence-corrected chi connectivity index (χ0v) is 14.4. The number of aryl methyl sites for hydroxylation is 1. The summed E-state index contributed by atoms with van der Waals surface area (Å²) in [7, 11) is -8.91. The second kappa shape index (κ2) is 6.28. The highest BCUT2D eigenvalue weighted by atomic mass is 35.5. The molecule has 0 spiro atoms. The van der Waals surface area contributed by atoms with E-state index in [1.807, 2.05) is 4.72 Å². The normalized spacial score (nSPS) is 12.2. The van der Waals surface area contributed by atoms with Crippen molar-refractivity contribution < 1.29 is 25.6 Å². The van der Waals surface area contributed by atoms with Crippen molar-refractivity contribution in [2.75, 3.05) is 4.72 Å². The van der Waals surface area contributed by atoms with E-state index in [1.165, 1.54) is 13.0 Å². The van der Waals surface area contributed by atoms with Crippen LogP contribution < -0.4 is 9.86 Å². The minimum atomic E-state index is -4.63. The molecular weight excluding hydrogens is 386 g/mol. The van der Waals surface area contributed by atoms with Crippen LogP contribution in [0.15, 0.2) is 40.1 Å². The van der Waals surface area contributed by atoms with E-state index in [9.17, 15) is 25.6 Å². The van der Waals surface area contributed by atoms with Crippen LogP contribution in [0.2, 0.25) is 5.02 Å². The number of hydrogen-bond acceptors (Lipinski definition) is 4. The Hall–Kier alpha value is -1.75. The van der Waals surface area contributed by atoms with Gasteiger partial charge in [-0.1, -0.05) is 11.6 Å². The Bertz CT molecular complexity index is 1020. The van der Waals surface area contributed by atoms with E-state index < -0.39 is 47.2 Å². The summed E-state index contributed by atoms with van der Waals surface area (Å²) in [6.07, 6.45) is 0. The minimum absolute atomic E-state index is 0.00987. The van der Waals surface area contributed by atoms with Crippen LogP contribution >= 0.6 is 11.6 Å². The first-order valence-corrected chi connectivity index (χ1v) is 9.63. The second-order valence-electron chi connectivity index (χ2n) is 4.82. The molecule has 0 bridgehead atoms. The Kier molecular flexibility index (Phi) is 4.86. The number of nitrogens with two attached hydrogens (primary N) is 1. The highest BCUT2D eigenvalue weighted by Gasteiger charge is 2.24. The molecule has 0 fully saturated rings. The second-order valence-corrected chi connectivity index (χ2v) is 8.44. The third kappa shape index (κ3) is 3.83. The molecule has 0 radical (unpaired) electrons. The van der Waals surface area contributed by atoms with Crippen LogP contribution in [0.1, 0.15) is 5.56 Å². The van der Waals surface area contributed by atoms with Crippen molar-refractivity contribution in [2.24, 2.45) is 5.14 Å². The molecule has 2 rings (SSSR count). The lowest BCUT2D eigenvalue weighted by Crippen LogP contribution is -2.19. The maximum absolute atomic E-state index is 13.9. The third-order valence-electron chi connectivity index (χ3n) is 3.00. The van der Waals surface area contributed by atoms with Gasteiger partial charge in [-0.25, -0.2) is 30.8 Å². The van der Waals surface area contributed by atoms with Crippen molar-refractivity contribution in [1.82, 2.24) is 0 Å². The molecule has 24 heavy (non-hydrogen) atoms. The first-order chi connectivity index (χ1) is 10.9. The van der Waals surface area contributed by atoms with Crippen molar-refractivity contribution in [2.45, 2.75) is 16.7 Å². The Morgan fingerprint density at radius 3 is 2.21 bits per heavy atom. The number of rotatable bonds is 4. The number of sulfonamides is 2. The topological polar surface area (TPSA) is 106 Å². The molecule has 0 amide bonds. The summed E-state index contributed by atoms with van der Waals surface area (Å²) in [5, 5.41) is 5.01. The van der Waals surface area contributed by atoms with Crippen molar-refractivity contribution in [3.05, 3.63) is 52.6 Å². The summed E-state index contributed by atoms with van der Waals surface area (Å²) < 4.78 is 76.9. The van der Waals surface area contributed by atoms with Crippen LogP contribution in [0, 0.1) is 18.6 Å². The Labute approximate surface area is 142 Å². The number of hydrogen-bond donors (Lipinski definition) is 2. The lowest BCUT2D eigenvalue weighted by molar-refractivity contribution is 0.551. The van der Waals surface area contributed by atoms with E-state index in [0.717, 1.165) is 12.1 Å². The molecular formula is C13H11ClF2N2O4S2. The molecule has 0 unspecified atom stereocenters. The Morgan fingerprint density at radius 1 is 1.00 bits per heavy atom. The van der Waals surface area contributed by atoms with Gasteiger partial charge in [0.05, 0.1) is 5.69 Å². The van der Waals surface area contributed by atoms with E-state index in [-0.39, 0.29) is 10.6 Å².